The van der Waals surface area contributed by atoms with E-state index in [4.69, 9.17) is 4.74 Å². The number of nitrogens with zero attached hydrogens (tertiary/aromatic N) is 2. The maximum absolute atomic E-state index is 14.9. The molecular formula is C30H34N2O2. The van der Waals surface area contributed by atoms with Crippen LogP contribution in [0.25, 0.3) is 11.4 Å². The van der Waals surface area contributed by atoms with Gasteiger partial charge < -0.3 is 9.84 Å². The highest BCUT2D eigenvalue weighted by atomic mass is 16.6. The van der Waals surface area contributed by atoms with Crippen LogP contribution in [0.1, 0.15) is 45.6 Å². The first kappa shape index (κ1) is 23.8. The predicted molar refractivity (Wildman–Crippen MR) is 135 cm³/mol. The Hall–Kier alpha value is -3.37. The lowest BCUT2D eigenvalue weighted by atomic mass is 9.90. The molecule has 0 bridgehead atoms. The Balaban J connectivity index is 2.09. The highest BCUT2D eigenvalue weighted by Gasteiger charge is 2.42. The van der Waals surface area contributed by atoms with Crippen LogP contribution in [0.4, 0.5) is 0 Å². The van der Waals surface area contributed by atoms with E-state index < -0.39 is 11.7 Å². The maximum atomic E-state index is 14.9. The molecule has 2 unspecified atom stereocenters. The van der Waals surface area contributed by atoms with Crippen LogP contribution in [0.2, 0.25) is 0 Å². The molecule has 0 saturated heterocycles. The van der Waals surface area contributed by atoms with Gasteiger partial charge in [-0.1, -0.05) is 66.3 Å². The van der Waals surface area contributed by atoms with Gasteiger partial charge in [0.25, 0.3) is 5.82 Å². The molecule has 34 heavy (non-hydrogen) atoms. The van der Waals surface area contributed by atoms with Crippen molar-refractivity contribution in [2.24, 2.45) is 5.92 Å². The summed E-state index contributed by atoms with van der Waals surface area (Å²) < 4.78 is 9.96. The van der Waals surface area contributed by atoms with Gasteiger partial charge in [-0.05, 0) is 70.2 Å². The zero-order valence-electron chi connectivity index (χ0n) is 21.1. The average Bonchev–Trinajstić information content (AvgIpc) is 3.17. The molecule has 2 aromatic carbocycles. The van der Waals surface area contributed by atoms with Crippen LogP contribution in [0.3, 0.4) is 0 Å². The van der Waals surface area contributed by atoms with Gasteiger partial charge in [0.05, 0.1) is 6.26 Å². The van der Waals surface area contributed by atoms with E-state index in [-0.39, 0.29) is 0 Å². The van der Waals surface area contributed by atoms with Crippen molar-refractivity contribution in [1.29, 1.82) is 0 Å². The van der Waals surface area contributed by atoms with Gasteiger partial charge in [0, 0.05) is 5.92 Å². The standard InChI is InChI=1S/C30H34N2O2/c1-8-34-30(33,26-12-10-9-11-13-26)29-31(27-22(4)16-20(2)17-23(27)5)14-15-32(29)28-24(6)18-21(3)19-25(28)7/h8-12,14-19,26H,1,13H2,2-7H3. The monoisotopic (exact) mass is 454 g/mol. The summed E-state index contributed by atoms with van der Waals surface area (Å²) in [5, 5.41) is 14.9. The van der Waals surface area contributed by atoms with E-state index in [2.05, 4.69) is 72.4 Å². The zero-order chi connectivity index (χ0) is 24.6. The molecule has 4 nitrogen and oxygen atoms in total. The lowest BCUT2D eigenvalue weighted by Crippen LogP contribution is -2.57. The minimum Gasteiger partial charge on any atom is -0.809 e. The van der Waals surface area contributed by atoms with Gasteiger partial charge >= 0.3 is 0 Å². The molecule has 0 N–H and O–H groups in total. The number of aryl methyl sites for hydroxylation is 6. The molecule has 4 rings (SSSR count). The molecule has 0 aliphatic heterocycles. The number of ether oxygens (including phenoxy) is 1. The summed E-state index contributed by atoms with van der Waals surface area (Å²) in [6.07, 6.45) is 13.7. The predicted octanol–water partition coefficient (Wildman–Crippen LogP) is 5.41. The van der Waals surface area contributed by atoms with Gasteiger partial charge in [0.1, 0.15) is 29.6 Å². The summed E-state index contributed by atoms with van der Waals surface area (Å²) in [6, 6.07) is 8.62. The van der Waals surface area contributed by atoms with Crippen LogP contribution in [0.5, 0.6) is 0 Å². The zero-order valence-corrected chi connectivity index (χ0v) is 21.1. The van der Waals surface area contributed by atoms with Crippen molar-refractivity contribution in [2.45, 2.75) is 53.8 Å². The molecule has 0 amide bonds. The fraction of sp³-hybridized carbons (Fsp3) is 0.300. The molecule has 1 aliphatic carbocycles. The van der Waals surface area contributed by atoms with E-state index in [1.807, 2.05) is 45.8 Å². The van der Waals surface area contributed by atoms with E-state index in [9.17, 15) is 5.11 Å². The van der Waals surface area contributed by atoms with E-state index in [1.165, 1.54) is 17.4 Å². The van der Waals surface area contributed by atoms with Crippen molar-refractivity contribution in [3.05, 3.63) is 113 Å². The molecule has 0 fully saturated rings. The summed E-state index contributed by atoms with van der Waals surface area (Å²) in [5.74, 6) is -1.75. The second kappa shape index (κ2) is 9.11. The number of benzene rings is 2. The Kier molecular flexibility index (Phi) is 6.37. The van der Waals surface area contributed by atoms with Crippen molar-refractivity contribution >= 4 is 0 Å². The largest absolute Gasteiger partial charge is 0.809 e. The van der Waals surface area contributed by atoms with Gasteiger partial charge in [0.2, 0.25) is 0 Å². The second-order valence-corrected chi connectivity index (χ2v) is 9.46. The number of allylic oxidation sites excluding steroid dienone is 3. The first-order chi connectivity index (χ1) is 16.2. The second-order valence-electron chi connectivity index (χ2n) is 9.46. The fourth-order valence-electron chi connectivity index (χ4n) is 5.48. The van der Waals surface area contributed by atoms with Gasteiger partial charge in [0.15, 0.2) is 0 Å². The third kappa shape index (κ3) is 4.03. The lowest BCUT2D eigenvalue weighted by Gasteiger charge is -2.42. The molecule has 1 aromatic heterocycles. The van der Waals surface area contributed by atoms with E-state index >= 15 is 0 Å². The topological polar surface area (TPSA) is 41.1 Å². The highest BCUT2D eigenvalue weighted by molar-refractivity contribution is 5.50. The van der Waals surface area contributed by atoms with Crippen molar-refractivity contribution < 1.29 is 14.4 Å². The van der Waals surface area contributed by atoms with Gasteiger partial charge in [-0.25, -0.2) is 0 Å². The third-order valence-electron chi connectivity index (χ3n) is 6.61. The van der Waals surface area contributed by atoms with Crippen molar-refractivity contribution in [2.75, 3.05) is 0 Å². The summed E-state index contributed by atoms with van der Waals surface area (Å²) >= 11 is 0. The molecule has 3 aromatic rings. The molecule has 1 heterocycles. The fourth-order valence-corrected chi connectivity index (χ4v) is 5.48. The van der Waals surface area contributed by atoms with E-state index in [0.717, 1.165) is 33.6 Å². The van der Waals surface area contributed by atoms with E-state index in [1.54, 1.807) is 0 Å². The quantitative estimate of drug-likeness (QED) is 0.284. The number of rotatable bonds is 6. The van der Waals surface area contributed by atoms with Crippen molar-refractivity contribution in [3.8, 4) is 11.4 Å². The van der Waals surface area contributed by atoms with Crippen LogP contribution in [0.15, 0.2) is 73.8 Å². The molecule has 4 heteroatoms. The first-order valence-corrected chi connectivity index (χ1v) is 11.8. The third-order valence-corrected chi connectivity index (χ3v) is 6.61. The number of hydrogen-bond acceptors (Lipinski definition) is 2. The molecule has 0 radical (unpaired) electrons. The van der Waals surface area contributed by atoms with Crippen LogP contribution in [0, 0.1) is 47.5 Å². The summed E-state index contributed by atoms with van der Waals surface area (Å²) in [7, 11) is 0. The van der Waals surface area contributed by atoms with E-state index in [0.29, 0.717) is 12.2 Å². The minimum absolute atomic E-state index is 0.396. The summed E-state index contributed by atoms with van der Waals surface area (Å²) in [4.78, 5) is 0. The van der Waals surface area contributed by atoms with Crippen LogP contribution < -0.4 is 9.67 Å². The normalized spacial score (nSPS) is 17.0. The molecule has 1 aliphatic rings. The van der Waals surface area contributed by atoms with Crippen LogP contribution in [-0.4, -0.2) is 4.57 Å². The lowest BCUT2D eigenvalue weighted by molar-refractivity contribution is -0.671. The number of hydrogen-bond donors (Lipinski definition) is 0. The molecular weight excluding hydrogens is 420 g/mol. The van der Waals surface area contributed by atoms with Crippen molar-refractivity contribution in [1.82, 2.24) is 4.57 Å². The smallest absolute Gasteiger partial charge is 0.295 e. The Morgan fingerprint density at radius 1 is 0.971 bits per heavy atom. The van der Waals surface area contributed by atoms with Crippen LogP contribution >= 0.6 is 0 Å². The minimum atomic E-state index is -1.89. The maximum Gasteiger partial charge on any atom is 0.295 e. The average molecular weight is 455 g/mol. The SMILES string of the molecule is C=COC([O-])(c1n(-c2c(C)cc(C)cc2C)cc[n+]1-c1c(C)cc(C)cc1C)C1C=CC=CC1. The summed E-state index contributed by atoms with van der Waals surface area (Å²) in [5.41, 5.74) is 8.84. The summed E-state index contributed by atoms with van der Waals surface area (Å²) in [6.45, 7) is 16.3. The Morgan fingerprint density at radius 2 is 1.56 bits per heavy atom. The molecule has 0 spiro atoms. The van der Waals surface area contributed by atoms with Crippen molar-refractivity contribution in [3.63, 3.8) is 0 Å². The van der Waals surface area contributed by atoms with Gasteiger partial charge in [-0.2, -0.15) is 9.13 Å². The van der Waals surface area contributed by atoms with Crippen LogP contribution in [-0.2, 0) is 10.5 Å². The molecule has 0 saturated carbocycles. The molecule has 176 valence electrons. The Morgan fingerprint density at radius 3 is 2.09 bits per heavy atom. The first-order valence-electron chi connectivity index (χ1n) is 11.8. The van der Waals surface area contributed by atoms with Gasteiger partial charge in [-0.3, -0.25) is 0 Å². The molecule has 2 atom stereocenters. The number of aromatic nitrogens is 2. The van der Waals surface area contributed by atoms with Gasteiger partial charge in [-0.15, -0.1) is 0 Å². The number of imidazole rings is 1. The highest BCUT2D eigenvalue weighted by Crippen LogP contribution is 2.36. The Bertz CT molecular complexity index is 1190. The Labute approximate surface area is 203 Å².